The Labute approximate surface area is 170 Å². The molecule has 0 aliphatic carbocycles. The standard InChI is InChI=1S/C26H22N2O/c1-26(2,3)23-10-9-20-21(15-19-12-14-29-25(19)24(20)28-23)22-16-18(11-13-27-22)17-7-5-4-6-8-17/h4-16H,1-3H3. The summed E-state index contributed by atoms with van der Waals surface area (Å²) in [6.07, 6.45) is 3.60. The van der Waals surface area contributed by atoms with Crippen LogP contribution in [0.2, 0.25) is 0 Å². The van der Waals surface area contributed by atoms with Gasteiger partial charge >= 0.3 is 0 Å². The van der Waals surface area contributed by atoms with Crippen LogP contribution in [0.4, 0.5) is 0 Å². The van der Waals surface area contributed by atoms with E-state index in [9.17, 15) is 0 Å². The lowest BCUT2D eigenvalue weighted by molar-refractivity contribution is 0.570. The summed E-state index contributed by atoms with van der Waals surface area (Å²) >= 11 is 0. The van der Waals surface area contributed by atoms with Crippen molar-refractivity contribution >= 4 is 21.9 Å². The van der Waals surface area contributed by atoms with Gasteiger partial charge in [-0.3, -0.25) is 4.98 Å². The maximum Gasteiger partial charge on any atom is 0.160 e. The molecule has 0 amide bonds. The summed E-state index contributed by atoms with van der Waals surface area (Å²) < 4.78 is 5.80. The van der Waals surface area contributed by atoms with Crippen molar-refractivity contribution in [1.29, 1.82) is 0 Å². The van der Waals surface area contributed by atoms with Crippen LogP contribution in [-0.4, -0.2) is 9.97 Å². The fraction of sp³-hybridized carbons (Fsp3) is 0.154. The smallest absolute Gasteiger partial charge is 0.160 e. The van der Waals surface area contributed by atoms with Crippen LogP contribution < -0.4 is 0 Å². The summed E-state index contributed by atoms with van der Waals surface area (Å²) in [4.78, 5) is 9.68. The van der Waals surface area contributed by atoms with Gasteiger partial charge in [0.25, 0.3) is 0 Å². The van der Waals surface area contributed by atoms with Gasteiger partial charge in [0.05, 0.1) is 12.0 Å². The fourth-order valence-electron chi connectivity index (χ4n) is 3.73. The number of rotatable bonds is 2. The second kappa shape index (κ2) is 6.56. The van der Waals surface area contributed by atoms with Crippen LogP contribution in [0.5, 0.6) is 0 Å². The van der Waals surface area contributed by atoms with E-state index in [-0.39, 0.29) is 5.41 Å². The molecule has 0 unspecified atom stereocenters. The highest BCUT2D eigenvalue weighted by Gasteiger charge is 2.19. The van der Waals surface area contributed by atoms with E-state index in [0.717, 1.165) is 44.4 Å². The lowest BCUT2D eigenvalue weighted by Gasteiger charge is -2.18. The summed E-state index contributed by atoms with van der Waals surface area (Å²) in [5, 5.41) is 2.09. The van der Waals surface area contributed by atoms with Crippen LogP contribution in [0.15, 0.2) is 83.6 Å². The third kappa shape index (κ3) is 3.09. The van der Waals surface area contributed by atoms with Crippen molar-refractivity contribution in [3.05, 3.63) is 84.9 Å². The molecule has 0 atom stereocenters. The largest absolute Gasteiger partial charge is 0.462 e. The highest BCUT2D eigenvalue weighted by atomic mass is 16.3. The lowest BCUT2D eigenvalue weighted by atomic mass is 9.90. The van der Waals surface area contributed by atoms with Gasteiger partial charge in [0, 0.05) is 33.6 Å². The Balaban J connectivity index is 1.77. The van der Waals surface area contributed by atoms with Crippen molar-refractivity contribution in [3.8, 4) is 22.4 Å². The Morgan fingerprint density at radius 3 is 2.45 bits per heavy atom. The molecule has 3 heterocycles. The predicted molar refractivity (Wildman–Crippen MR) is 119 cm³/mol. The van der Waals surface area contributed by atoms with E-state index in [0.29, 0.717) is 0 Å². The highest BCUT2D eigenvalue weighted by Crippen LogP contribution is 2.36. The minimum absolute atomic E-state index is 0.0331. The van der Waals surface area contributed by atoms with E-state index >= 15 is 0 Å². The van der Waals surface area contributed by atoms with Gasteiger partial charge in [0.15, 0.2) is 5.58 Å². The molecule has 0 spiro atoms. The highest BCUT2D eigenvalue weighted by molar-refractivity contribution is 6.09. The number of fused-ring (bicyclic) bond motifs is 3. The number of hydrogen-bond donors (Lipinski definition) is 0. The summed E-state index contributed by atoms with van der Waals surface area (Å²) in [7, 11) is 0. The molecular weight excluding hydrogens is 356 g/mol. The minimum atomic E-state index is -0.0331. The topological polar surface area (TPSA) is 38.9 Å². The number of nitrogens with zero attached hydrogens (tertiary/aromatic N) is 2. The van der Waals surface area contributed by atoms with Crippen LogP contribution in [0.3, 0.4) is 0 Å². The molecule has 5 aromatic rings. The second-order valence-corrected chi connectivity index (χ2v) is 8.40. The summed E-state index contributed by atoms with van der Waals surface area (Å²) in [5.41, 5.74) is 7.06. The molecule has 0 fully saturated rings. The number of aromatic nitrogens is 2. The molecule has 3 heteroatoms. The molecule has 3 nitrogen and oxygen atoms in total. The molecule has 0 bridgehead atoms. The van der Waals surface area contributed by atoms with Crippen LogP contribution in [0.1, 0.15) is 26.5 Å². The van der Waals surface area contributed by atoms with E-state index < -0.39 is 0 Å². The maximum absolute atomic E-state index is 5.80. The van der Waals surface area contributed by atoms with E-state index in [1.54, 1.807) is 6.26 Å². The molecule has 0 saturated carbocycles. The van der Waals surface area contributed by atoms with Gasteiger partial charge in [-0.1, -0.05) is 57.2 Å². The molecule has 0 N–H and O–H groups in total. The van der Waals surface area contributed by atoms with E-state index in [4.69, 9.17) is 9.40 Å². The van der Waals surface area contributed by atoms with Crippen LogP contribution in [0.25, 0.3) is 44.3 Å². The van der Waals surface area contributed by atoms with Crippen molar-refractivity contribution in [2.24, 2.45) is 0 Å². The Bertz CT molecular complexity index is 1330. The molecule has 2 aromatic carbocycles. The zero-order valence-electron chi connectivity index (χ0n) is 16.8. The zero-order chi connectivity index (χ0) is 20.0. The van der Waals surface area contributed by atoms with Gasteiger partial charge in [0.2, 0.25) is 0 Å². The Morgan fingerprint density at radius 2 is 1.66 bits per heavy atom. The van der Waals surface area contributed by atoms with Crippen molar-refractivity contribution in [2.45, 2.75) is 26.2 Å². The summed E-state index contributed by atoms with van der Waals surface area (Å²) in [6.45, 7) is 6.53. The SMILES string of the molecule is CC(C)(C)c1ccc2c(-c3cc(-c4ccccc4)ccn3)cc3ccoc3c2n1. The van der Waals surface area contributed by atoms with Crippen LogP contribution in [0, 0.1) is 0 Å². The van der Waals surface area contributed by atoms with Gasteiger partial charge in [-0.25, -0.2) is 4.98 Å². The normalized spacial score (nSPS) is 12.0. The third-order valence-corrected chi connectivity index (χ3v) is 5.31. The Morgan fingerprint density at radius 1 is 0.828 bits per heavy atom. The van der Waals surface area contributed by atoms with Crippen LogP contribution in [-0.2, 0) is 5.41 Å². The quantitative estimate of drug-likeness (QED) is 0.332. The lowest BCUT2D eigenvalue weighted by Crippen LogP contribution is -2.13. The summed E-state index contributed by atoms with van der Waals surface area (Å²) in [6, 6.07) is 23.0. The molecule has 29 heavy (non-hydrogen) atoms. The molecular formula is C26H22N2O. The van der Waals surface area contributed by atoms with Crippen molar-refractivity contribution in [3.63, 3.8) is 0 Å². The monoisotopic (exact) mass is 378 g/mol. The van der Waals surface area contributed by atoms with Crippen molar-refractivity contribution in [1.82, 2.24) is 9.97 Å². The Hall–Kier alpha value is -3.46. The molecule has 0 aliphatic rings. The summed E-state index contributed by atoms with van der Waals surface area (Å²) in [5.74, 6) is 0. The first-order chi connectivity index (χ1) is 14.0. The number of benzene rings is 2. The van der Waals surface area contributed by atoms with Gasteiger partial charge in [-0.2, -0.15) is 0 Å². The zero-order valence-corrected chi connectivity index (χ0v) is 16.8. The van der Waals surface area contributed by atoms with Gasteiger partial charge in [0.1, 0.15) is 5.52 Å². The van der Waals surface area contributed by atoms with Gasteiger partial charge in [-0.15, -0.1) is 0 Å². The van der Waals surface area contributed by atoms with Gasteiger partial charge < -0.3 is 4.42 Å². The average molecular weight is 378 g/mol. The molecule has 0 aliphatic heterocycles. The van der Waals surface area contributed by atoms with E-state index in [1.807, 2.05) is 24.4 Å². The average Bonchev–Trinajstić information content (AvgIpc) is 3.22. The molecule has 0 radical (unpaired) electrons. The van der Waals surface area contributed by atoms with Gasteiger partial charge in [-0.05, 0) is 41.5 Å². The molecule has 5 rings (SSSR count). The van der Waals surface area contributed by atoms with Crippen molar-refractivity contribution in [2.75, 3.05) is 0 Å². The minimum Gasteiger partial charge on any atom is -0.462 e. The molecule has 0 saturated heterocycles. The third-order valence-electron chi connectivity index (χ3n) is 5.31. The van der Waals surface area contributed by atoms with E-state index in [1.165, 1.54) is 5.56 Å². The number of pyridine rings is 2. The number of hydrogen-bond acceptors (Lipinski definition) is 3. The molecule has 142 valence electrons. The van der Waals surface area contributed by atoms with Crippen molar-refractivity contribution < 1.29 is 4.42 Å². The Kier molecular flexibility index (Phi) is 3.99. The molecule has 3 aromatic heterocycles. The second-order valence-electron chi connectivity index (χ2n) is 8.40. The predicted octanol–water partition coefficient (Wildman–Crippen LogP) is 7.01. The first-order valence-corrected chi connectivity index (χ1v) is 9.84. The number of furan rings is 1. The first kappa shape index (κ1) is 17.6. The maximum atomic E-state index is 5.80. The first-order valence-electron chi connectivity index (χ1n) is 9.84. The fourth-order valence-corrected chi connectivity index (χ4v) is 3.73. The van der Waals surface area contributed by atoms with E-state index in [2.05, 4.69) is 74.3 Å². The van der Waals surface area contributed by atoms with Crippen LogP contribution >= 0.6 is 0 Å².